The molecule has 4 rings (SSSR count). The maximum absolute atomic E-state index is 11.6. The zero-order valence-electron chi connectivity index (χ0n) is 10.5. The highest BCUT2D eigenvalue weighted by Crippen LogP contribution is 2.65. The molecule has 7 atom stereocenters. The Morgan fingerprint density at radius 3 is 3.00 bits per heavy atom. The summed E-state index contributed by atoms with van der Waals surface area (Å²) in [5.41, 5.74) is -0.328. The Kier molecular flexibility index (Phi) is 2.06. The van der Waals surface area contributed by atoms with Crippen LogP contribution < -0.4 is 0 Å². The van der Waals surface area contributed by atoms with Crippen molar-refractivity contribution in [2.75, 3.05) is 13.7 Å². The number of cyclic esters (lactones) is 1. The summed E-state index contributed by atoms with van der Waals surface area (Å²) in [6.07, 6.45) is 4.27. The van der Waals surface area contributed by atoms with E-state index < -0.39 is 0 Å². The van der Waals surface area contributed by atoms with Crippen LogP contribution in [0.5, 0.6) is 0 Å². The lowest BCUT2D eigenvalue weighted by atomic mass is 9.59. The lowest BCUT2D eigenvalue weighted by molar-refractivity contribution is -0.154. The molecule has 4 heteroatoms. The Labute approximate surface area is 106 Å². The van der Waals surface area contributed by atoms with Crippen LogP contribution in [0.4, 0.5) is 0 Å². The van der Waals surface area contributed by atoms with Gasteiger partial charge >= 0.3 is 5.97 Å². The second kappa shape index (κ2) is 3.36. The van der Waals surface area contributed by atoms with Crippen LogP contribution >= 0.6 is 0 Å². The summed E-state index contributed by atoms with van der Waals surface area (Å²) in [5.74, 6) is 1.07. The van der Waals surface area contributed by atoms with Gasteiger partial charge in [-0.1, -0.05) is 6.08 Å². The molecule has 2 aliphatic carbocycles. The summed E-state index contributed by atoms with van der Waals surface area (Å²) < 4.78 is 17.1. The Morgan fingerprint density at radius 1 is 1.50 bits per heavy atom. The molecule has 0 unspecified atom stereocenters. The van der Waals surface area contributed by atoms with Crippen molar-refractivity contribution in [3.05, 3.63) is 12.7 Å². The van der Waals surface area contributed by atoms with Gasteiger partial charge in [0.05, 0.1) is 18.1 Å². The van der Waals surface area contributed by atoms with E-state index in [0.717, 1.165) is 12.8 Å². The molecule has 4 nitrogen and oxygen atoms in total. The number of hydrogen-bond acceptors (Lipinski definition) is 4. The van der Waals surface area contributed by atoms with Gasteiger partial charge < -0.3 is 14.2 Å². The average molecular weight is 250 g/mol. The van der Waals surface area contributed by atoms with Crippen LogP contribution in [0, 0.1) is 23.7 Å². The summed E-state index contributed by atoms with van der Waals surface area (Å²) in [6.45, 7) is 4.35. The largest absolute Gasteiger partial charge is 0.462 e. The number of carbonyl (C=O) groups is 1. The molecular weight excluding hydrogens is 232 g/mol. The van der Waals surface area contributed by atoms with Crippen LogP contribution in [0.25, 0.3) is 0 Å². The lowest BCUT2D eigenvalue weighted by Crippen LogP contribution is -2.56. The summed E-state index contributed by atoms with van der Waals surface area (Å²) in [7, 11) is 1.77. The van der Waals surface area contributed by atoms with E-state index in [1.54, 1.807) is 7.11 Å². The van der Waals surface area contributed by atoms with E-state index >= 15 is 0 Å². The van der Waals surface area contributed by atoms with E-state index in [1.165, 1.54) is 0 Å². The van der Waals surface area contributed by atoms with Gasteiger partial charge in [-0.05, 0) is 12.8 Å². The van der Waals surface area contributed by atoms with E-state index in [9.17, 15) is 4.79 Å². The maximum atomic E-state index is 11.6. The summed E-state index contributed by atoms with van der Waals surface area (Å²) >= 11 is 0. The fourth-order valence-electron chi connectivity index (χ4n) is 4.67. The average Bonchev–Trinajstić information content (AvgIpc) is 2.90. The van der Waals surface area contributed by atoms with E-state index in [-0.39, 0.29) is 29.7 Å². The number of esters is 1. The molecule has 1 spiro atoms. The highest BCUT2D eigenvalue weighted by molar-refractivity contribution is 5.78. The van der Waals surface area contributed by atoms with Crippen molar-refractivity contribution in [1.29, 1.82) is 0 Å². The predicted octanol–water partition coefficient (Wildman–Crippen LogP) is 1.15. The highest BCUT2D eigenvalue weighted by Gasteiger charge is 2.74. The molecule has 0 radical (unpaired) electrons. The molecule has 2 heterocycles. The minimum Gasteiger partial charge on any atom is -0.462 e. The monoisotopic (exact) mass is 250 g/mol. The first-order chi connectivity index (χ1) is 8.71. The van der Waals surface area contributed by atoms with Crippen molar-refractivity contribution < 1.29 is 19.0 Å². The van der Waals surface area contributed by atoms with Gasteiger partial charge in [-0.25, -0.2) is 0 Å². The minimum absolute atomic E-state index is 0.0314. The molecule has 0 N–H and O–H groups in total. The normalized spacial score (nSPS) is 56.4. The van der Waals surface area contributed by atoms with Crippen molar-refractivity contribution in [2.24, 2.45) is 23.7 Å². The molecule has 18 heavy (non-hydrogen) atoms. The molecule has 2 saturated carbocycles. The first-order valence-corrected chi connectivity index (χ1v) is 6.71. The molecule has 0 aromatic rings. The highest BCUT2D eigenvalue weighted by atomic mass is 16.6. The third kappa shape index (κ3) is 1.03. The van der Waals surface area contributed by atoms with Gasteiger partial charge in [-0.2, -0.15) is 0 Å². The molecule has 0 aromatic carbocycles. The Bertz CT molecular complexity index is 420. The number of hydrogen-bond donors (Lipinski definition) is 0. The first-order valence-electron chi connectivity index (χ1n) is 6.71. The van der Waals surface area contributed by atoms with Crippen molar-refractivity contribution in [3.8, 4) is 0 Å². The van der Waals surface area contributed by atoms with Gasteiger partial charge in [-0.15, -0.1) is 6.58 Å². The van der Waals surface area contributed by atoms with E-state index in [1.807, 2.05) is 6.08 Å². The van der Waals surface area contributed by atoms with Crippen LogP contribution in [0.1, 0.15) is 12.8 Å². The van der Waals surface area contributed by atoms with Crippen LogP contribution in [0.2, 0.25) is 0 Å². The van der Waals surface area contributed by atoms with E-state index in [4.69, 9.17) is 14.2 Å². The first kappa shape index (κ1) is 11.0. The van der Waals surface area contributed by atoms with Crippen LogP contribution in [-0.2, 0) is 19.0 Å². The minimum atomic E-state index is -0.328. The Hall–Kier alpha value is -0.870. The summed E-state index contributed by atoms with van der Waals surface area (Å²) in [6, 6.07) is 0. The van der Waals surface area contributed by atoms with Gasteiger partial charge in [0.2, 0.25) is 0 Å². The molecule has 2 saturated heterocycles. The number of fused-ring (bicyclic) bond motifs is 2. The zero-order valence-corrected chi connectivity index (χ0v) is 10.5. The number of carbonyl (C=O) groups excluding carboxylic acids is 1. The molecule has 98 valence electrons. The van der Waals surface area contributed by atoms with Crippen molar-refractivity contribution in [3.63, 3.8) is 0 Å². The predicted molar refractivity (Wildman–Crippen MR) is 62.8 cm³/mol. The standard InChI is InChI=1S/C14H18O4/c1-3-7-4-10(16-2)11-8-5-9-13(15)17-6-14(8,9)18-12(7)11/h3,7-12H,1,4-6H2,2H3/t7-,8-,9-,10-,11+,12-,14+/m0/s1. The Balaban J connectivity index is 1.68. The van der Waals surface area contributed by atoms with Crippen molar-refractivity contribution in [2.45, 2.75) is 30.7 Å². The second-order valence-corrected chi connectivity index (χ2v) is 6.03. The van der Waals surface area contributed by atoms with Gasteiger partial charge in [0.1, 0.15) is 12.2 Å². The van der Waals surface area contributed by atoms with Gasteiger partial charge in [-0.3, -0.25) is 4.79 Å². The topological polar surface area (TPSA) is 44.8 Å². The van der Waals surface area contributed by atoms with Crippen molar-refractivity contribution in [1.82, 2.24) is 0 Å². The number of ether oxygens (including phenoxy) is 3. The van der Waals surface area contributed by atoms with Crippen LogP contribution in [-0.4, -0.2) is 37.5 Å². The molecule has 2 aliphatic heterocycles. The molecule has 0 aromatic heterocycles. The number of methoxy groups -OCH3 is 1. The second-order valence-electron chi connectivity index (χ2n) is 6.03. The smallest absolute Gasteiger partial charge is 0.312 e. The molecule has 4 aliphatic rings. The van der Waals surface area contributed by atoms with Crippen LogP contribution in [0.15, 0.2) is 12.7 Å². The van der Waals surface area contributed by atoms with E-state index in [0.29, 0.717) is 24.4 Å². The van der Waals surface area contributed by atoms with Gasteiger partial charge in [0, 0.05) is 24.9 Å². The molecule has 0 amide bonds. The maximum Gasteiger partial charge on any atom is 0.312 e. The number of rotatable bonds is 2. The fraction of sp³-hybridized carbons (Fsp3) is 0.786. The zero-order chi connectivity index (χ0) is 12.5. The lowest BCUT2D eigenvalue weighted by Gasteiger charge is -2.45. The molecular formula is C14H18O4. The third-order valence-electron chi connectivity index (χ3n) is 5.59. The fourth-order valence-corrected chi connectivity index (χ4v) is 4.67. The molecule has 0 bridgehead atoms. The Morgan fingerprint density at radius 2 is 2.33 bits per heavy atom. The van der Waals surface area contributed by atoms with Gasteiger partial charge in [0.15, 0.2) is 0 Å². The summed E-state index contributed by atoms with van der Waals surface area (Å²) in [5, 5.41) is 0. The summed E-state index contributed by atoms with van der Waals surface area (Å²) in [4.78, 5) is 11.6. The molecule has 4 fully saturated rings. The van der Waals surface area contributed by atoms with Crippen LogP contribution in [0.3, 0.4) is 0 Å². The van der Waals surface area contributed by atoms with Gasteiger partial charge in [0.25, 0.3) is 0 Å². The third-order valence-corrected chi connectivity index (χ3v) is 5.59. The van der Waals surface area contributed by atoms with Crippen molar-refractivity contribution >= 4 is 5.97 Å². The van der Waals surface area contributed by atoms with E-state index in [2.05, 4.69) is 6.58 Å². The quantitative estimate of drug-likeness (QED) is 0.545. The SMILES string of the molecule is C=C[C@H]1C[C@H](OC)[C@@H]2[C@H]1O[C@@]13COC(=O)[C@@H]1C[C@@H]23.